The number of carbonyl (C=O) groups is 2. The normalized spacial score (nSPS) is 12.8. The zero-order chi connectivity index (χ0) is 41.9. The van der Waals surface area contributed by atoms with Gasteiger partial charge in [0.25, 0.3) is 0 Å². The van der Waals surface area contributed by atoms with Gasteiger partial charge in [-0.1, -0.05) is 195 Å². The second-order valence-corrected chi connectivity index (χ2v) is 18.9. The van der Waals surface area contributed by atoms with Gasteiger partial charge < -0.3 is 14.5 Å². The molecular weight excluding hydrogens is 721 g/mol. The van der Waals surface area contributed by atoms with Gasteiger partial charge in [-0.2, -0.15) is 0 Å². The number of carbonyl (C=O) groups excluding carboxylic acids is 2. The van der Waals surface area contributed by atoms with Crippen molar-refractivity contribution < 1.29 is 14.3 Å². The molecule has 0 saturated heterocycles. The molecule has 2 atom stereocenters. The summed E-state index contributed by atoms with van der Waals surface area (Å²) in [7, 11) is 0. The van der Waals surface area contributed by atoms with E-state index in [1.54, 1.807) is 11.8 Å². The Morgan fingerprint density at radius 3 is 1.26 bits per heavy atom. The van der Waals surface area contributed by atoms with E-state index in [-0.39, 0.29) is 12.1 Å². The Morgan fingerprint density at radius 1 is 0.404 bits per heavy atom. The van der Waals surface area contributed by atoms with Crippen LogP contribution >= 0.6 is 11.8 Å². The fraction of sp³-hybridized carbons (Fsp3) is 0.961. The molecule has 2 unspecified atom stereocenters. The zero-order valence-corrected chi connectivity index (χ0v) is 40.5. The summed E-state index contributed by atoms with van der Waals surface area (Å²) in [5.41, 5.74) is 0. The van der Waals surface area contributed by atoms with E-state index in [9.17, 15) is 9.59 Å². The van der Waals surface area contributed by atoms with Crippen LogP contribution in [0.1, 0.15) is 266 Å². The Labute approximate surface area is 362 Å². The fourth-order valence-electron chi connectivity index (χ4n) is 8.23. The molecule has 0 aliphatic rings. The molecule has 0 fully saturated rings. The molecule has 0 radical (unpaired) electrons. The minimum Gasteiger partial charge on any atom is -0.462 e. The van der Waals surface area contributed by atoms with E-state index in [2.05, 4.69) is 51.3 Å². The molecule has 0 aromatic carbocycles. The van der Waals surface area contributed by atoms with Gasteiger partial charge in [0.2, 0.25) is 0 Å². The number of thioether (sulfide) groups is 1. The lowest BCUT2D eigenvalue weighted by molar-refractivity contribution is -0.150. The predicted octanol–water partition coefficient (Wildman–Crippen LogP) is 15.9. The molecule has 0 spiro atoms. The first-order valence-electron chi connectivity index (χ1n) is 25.8. The van der Waals surface area contributed by atoms with Gasteiger partial charge in [0.1, 0.15) is 6.10 Å². The van der Waals surface area contributed by atoms with Crippen molar-refractivity contribution >= 4 is 22.8 Å². The van der Waals surface area contributed by atoms with Gasteiger partial charge >= 0.3 is 5.97 Å². The number of nitrogens with zero attached hydrogens (tertiary/aromatic N) is 2. The van der Waals surface area contributed by atoms with E-state index in [4.69, 9.17) is 4.74 Å². The van der Waals surface area contributed by atoms with Crippen molar-refractivity contribution in [2.24, 2.45) is 0 Å². The SMILES string of the molecule is CCCCCCCCC(CCCCCC)OC(=O)CCCCCCN(CCCCCCC(=O)SC(CCCCCC)CCCCCCCC)CCCN(CC)CC. The highest BCUT2D eigenvalue weighted by Gasteiger charge is 2.16. The van der Waals surface area contributed by atoms with Crippen LogP contribution in [0.4, 0.5) is 0 Å². The largest absolute Gasteiger partial charge is 0.462 e. The lowest BCUT2D eigenvalue weighted by atomic mass is 10.0. The molecule has 5 nitrogen and oxygen atoms in total. The molecule has 0 aliphatic carbocycles. The summed E-state index contributed by atoms with van der Waals surface area (Å²) in [4.78, 5) is 31.1. The number of unbranched alkanes of at least 4 members (excludes halogenated alkanes) is 22. The van der Waals surface area contributed by atoms with Crippen molar-refractivity contribution in [2.45, 2.75) is 278 Å². The van der Waals surface area contributed by atoms with Crippen molar-refractivity contribution in [3.8, 4) is 0 Å². The first-order chi connectivity index (χ1) is 27.9. The van der Waals surface area contributed by atoms with E-state index in [1.165, 1.54) is 199 Å². The van der Waals surface area contributed by atoms with Crippen LogP contribution in [0.5, 0.6) is 0 Å². The zero-order valence-electron chi connectivity index (χ0n) is 39.7. The Kier molecular flexibility index (Phi) is 44.5. The maximum absolute atomic E-state index is 13.0. The average molecular weight is 823 g/mol. The molecule has 0 N–H and O–H groups in total. The minimum absolute atomic E-state index is 0.0372. The molecule has 0 aliphatic heterocycles. The quantitative estimate of drug-likeness (QED) is 0.0450. The summed E-state index contributed by atoms with van der Waals surface area (Å²) in [6.45, 7) is 20.6. The highest BCUT2D eigenvalue weighted by Crippen LogP contribution is 2.27. The molecule has 0 bridgehead atoms. The van der Waals surface area contributed by atoms with Crippen LogP contribution in [0, 0.1) is 0 Å². The van der Waals surface area contributed by atoms with Crippen molar-refractivity contribution in [2.75, 3.05) is 39.3 Å². The number of ether oxygens (including phenoxy) is 1. The van der Waals surface area contributed by atoms with Gasteiger partial charge in [-0.25, -0.2) is 0 Å². The number of esters is 1. The fourth-order valence-corrected chi connectivity index (χ4v) is 9.43. The van der Waals surface area contributed by atoms with Gasteiger partial charge in [-0.15, -0.1) is 0 Å². The summed E-state index contributed by atoms with van der Waals surface area (Å²) >= 11 is 1.71. The van der Waals surface area contributed by atoms with E-state index in [0.717, 1.165) is 58.2 Å². The molecule has 0 saturated carbocycles. The van der Waals surface area contributed by atoms with Crippen LogP contribution < -0.4 is 0 Å². The summed E-state index contributed by atoms with van der Waals surface area (Å²) in [6.07, 6.45) is 42.4. The number of hydrogen-bond donors (Lipinski definition) is 0. The standard InChI is InChI=1S/C51H102N2O3S/c1-7-13-17-21-23-30-39-48(38-29-19-15-9-3)56-50(54)42-33-25-27-35-44-53(47-37-46-52(11-5)12-6)45-36-28-26-34-43-51(55)57-49(40-31-20-16-10-4)41-32-24-22-18-14-8-2/h48-49H,7-47H2,1-6H3. The maximum Gasteiger partial charge on any atom is 0.306 e. The minimum atomic E-state index is 0.0372. The average Bonchev–Trinajstić information content (AvgIpc) is 3.21. The van der Waals surface area contributed by atoms with E-state index >= 15 is 0 Å². The lowest BCUT2D eigenvalue weighted by Gasteiger charge is -2.24. The van der Waals surface area contributed by atoms with Crippen molar-refractivity contribution in [3.63, 3.8) is 0 Å². The van der Waals surface area contributed by atoms with E-state index < -0.39 is 0 Å². The third-order valence-corrected chi connectivity index (χ3v) is 13.4. The van der Waals surface area contributed by atoms with Gasteiger partial charge in [0.15, 0.2) is 5.12 Å². The predicted molar refractivity (Wildman–Crippen MR) is 255 cm³/mol. The monoisotopic (exact) mass is 823 g/mol. The van der Waals surface area contributed by atoms with Crippen molar-refractivity contribution in [1.82, 2.24) is 9.80 Å². The first kappa shape index (κ1) is 56.4. The third kappa shape index (κ3) is 39.3. The first-order valence-corrected chi connectivity index (χ1v) is 26.6. The molecule has 0 aromatic heterocycles. The van der Waals surface area contributed by atoms with Gasteiger partial charge in [0.05, 0.1) is 0 Å². The molecular formula is C51H102N2O3S. The van der Waals surface area contributed by atoms with Crippen LogP contribution in [0.15, 0.2) is 0 Å². The van der Waals surface area contributed by atoms with Crippen molar-refractivity contribution in [1.29, 1.82) is 0 Å². The van der Waals surface area contributed by atoms with Crippen LogP contribution in [0.3, 0.4) is 0 Å². The molecule has 340 valence electrons. The Bertz CT molecular complexity index is 779. The molecule has 57 heavy (non-hydrogen) atoms. The molecule has 0 amide bonds. The lowest BCUT2D eigenvalue weighted by Crippen LogP contribution is -2.31. The molecule has 0 heterocycles. The molecule has 0 aromatic rings. The Hall–Kier alpha value is -0.590. The number of rotatable bonds is 46. The summed E-state index contributed by atoms with van der Waals surface area (Å²) in [6, 6.07) is 0. The number of hydrogen-bond acceptors (Lipinski definition) is 6. The van der Waals surface area contributed by atoms with Crippen LogP contribution in [0.25, 0.3) is 0 Å². The van der Waals surface area contributed by atoms with E-state index in [1.807, 2.05) is 0 Å². The Balaban J connectivity index is 4.59. The molecule has 0 rings (SSSR count). The van der Waals surface area contributed by atoms with Gasteiger partial charge in [-0.3, -0.25) is 9.59 Å². The van der Waals surface area contributed by atoms with Crippen LogP contribution in [-0.2, 0) is 14.3 Å². The Morgan fingerprint density at radius 2 is 0.772 bits per heavy atom. The third-order valence-electron chi connectivity index (χ3n) is 12.2. The second-order valence-electron chi connectivity index (χ2n) is 17.6. The van der Waals surface area contributed by atoms with Gasteiger partial charge in [0, 0.05) is 18.1 Å². The maximum atomic E-state index is 13.0. The summed E-state index contributed by atoms with van der Waals surface area (Å²) < 4.78 is 6.07. The highest BCUT2D eigenvalue weighted by molar-refractivity contribution is 8.14. The van der Waals surface area contributed by atoms with Gasteiger partial charge in [-0.05, 0) is 110 Å². The van der Waals surface area contributed by atoms with Crippen LogP contribution in [-0.4, -0.2) is 71.5 Å². The second kappa shape index (κ2) is 44.9. The van der Waals surface area contributed by atoms with E-state index in [0.29, 0.717) is 16.8 Å². The summed E-state index contributed by atoms with van der Waals surface area (Å²) in [5, 5.41) is 0.986. The summed E-state index contributed by atoms with van der Waals surface area (Å²) in [5.74, 6) is 0.0372. The molecule has 6 heteroatoms. The smallest absolute Gasteiger partial charge is 0.306 e. The van der Waals surface area contributed by atoms with Crippen molar-refractivity contribution in [3.05, 3.63) is 0 Å². The highest BCUT2D eigenvalue weighted by atomic mass is 32.2. The topological polar surface area (TPSA) is 49.9 Å². The van der Waals surface area contributed by atoms with Crippen LogP contribution in [0.2, 0.25) is 0 Å².